The number of rotatable bonds is 6. The van der Waals surface area contributed by atoms with Gasteiger partial charge in [0.05, 0.1) is 0 Å². The van der Waals surface area contributed by atoms with Crippen LogP contribution in [0.4, 0.5) is 5.69 Å². The highest BCUT2D eigenvalue weighted by molar-refractivity contribution is 5.79. The van der Waals surface area contributed by atoms with Crippen molar-refractivity contribution in [2.24, 2.45) is 0 Å². The molecule has 0 radical (unpaired) electrons. The summed E-state index contributed by atoms with van der Waals surface area (Å²) < 4.78 is 0. The molecule has 144 valence electrons. The molecule has 0 saturated heterocycles. The molecule has 0 saturated carbocycles. The molecule has 3 rings (SSSR count). The van der Waals surface area contributed by atoms with Crippen LogP contribution in [-0.4, -0.2) is 0 Å². The fourth-order valence-electron chi connectivity index (χ4n) is 3.77. The maximum absolute atomic E-state index is 3.56. The third-order valence-corrected chi connectivity index (χ3v) is 5.17. The van der Waals surface area contributed by atoms with E-state index < -0.39 is 0 Å². The molecule has 0 aromatic heterocycles. The highest BCUT2D eigenvalue weighted by atomic mass is 14.8. The third-order valence-electron chi connectivity index (χ3n) is 5.17. The number of nitrogens with one attached hydrogen (secondary N) is 1. The van der Waals surface area contributed by atoms with Gasteiger partial charge in [0, 0.05) is 5.69 Å². The SMILES string of the molecule is C/C=C\Nc1c(C(C)C)ccc(-c2ccc(-c3ccccc3)cc2)c1C(C)C. The summed E-state index contributed by atoms with van der Waals surface area (Å²) in [6.45, 7) is 11.1. The van der Waals surface area contributed by atoms with Gasteiger partial charge in [0.1, 0.15) is 0 Å². The van der Waals surface area contributed by atoms with Crippen molar-refractivity contribution in [1.82, 2.24) is 0 Å². The van der Waals surface area contributed by atoms with Gasteiger partial charge in [-0.25, -0.2) is 0 Å². The number of hydrogen-bond acceptors (Lipinski definition) is 1. The summed E-state index contributed by atoms with van der Waals surface area (Å²) in [4.78, 5) is 0. The quantitative estimate of drug-likeness (QED) is 0.461. The van der Waals surface area contributed by atoms with Crippen LogP contribution in [-0.2, 0) is 0 Å². The van der Waals surface area contributed by atoms with Crippen LogP contribution in [0.1, 0.15) is 57.6 Å². The Balaban J connectivity index is 2.10. The normalized spacial score (nSPS) is 11.5. The van der Waals surface area contributed by atoms with Gasteiger partial charge in [-0.3, -0.25) is 0 Å². The van der Waals surface area contributed by atoms with Gasteiger partial charge < -0.3 is 5.32 Å². The molecule has 0 aliphatic carbocycles. The number of anilines is 1. The first-order chi connectivity index (χ1) is 13.5. The molecule has 1 heteroatoms. The maximum Gasteiger partial charge on any atom is 0.0456 e. The molecule has 3 aromatic carbocycles. The van der Waals surface area contributed by atoms with E-state index in [2.05, 4.69) is 106 Å². The minimum atomic E-state index is 0.426. The summed E-state index contributed by atoms with van der Waals surface area (Å²) in [6.07, 6.45) is 4.09. The first-order valence-electron chi connectivity index (χ1n) is 10.2. The number of hydrogen-bond donors (Lipinski definition) is 1. The second-order valence-corrected chi connectivity index (χ2v) is 7.89. The van der Waals surface area contributed by atoms with Gasteiger partial charge in [0.15, 0.2) is 0 Å². The monoisotopic (exact) mass is 369 g/mol. The lowest BCUT2D eigenvalue weighted by molar-refractivity contribution is 0.839. The topological polar surface area (TPSA) is 12.0 Å². The standard InChI is InChI=1S/C27H31N/c1-6-18-28-27-24(19(2)3)16-17-25(26(27)20(4)5)23-14-12-22(13-15-23)21-10-8-7-9-11-21/h6-20,28H,1-5H3/b18-6-. The molecule has 0 heterocycles. The van der Waals surface area contributed by atoms with Crippen LogP contribution < -0.4 is 5.32 Å². The highest BCUT2D eigenvalue weighted by Crippen LogP contribution is 2.40. The Labute approximate surface area is 170 Å². The molecule has 0 bridgehead atoms. The molecule has 0 aliphatic heterocycles. The summed E-state index contributed by atoms with van der Waals surface area (Å²) in [5.74, 6) is 0.898. The molecule has 0 spiro atoms. The molecule has 0 aliphatic rings. The predicted octanol–water partition coefficient (Wildman–Crippen LogP) is 8.21. The Hall–Kier alpha value is -2.80. The van der Waals surface area contributed by atoms with Gasteiger partial charge in [-0.05, 0) is 58.3 Å². The van der Waals surface area contributed by atoms with Crippen molar-refractivity contribution in [1.29, 1.82) is 0 Å². The molecule has 1 nitrogen and oxygen atoms in total. The van der Waals surface area contributed by atoms with E-state index in [0.717, 1.165) is 0 Å². The molecule has 28 heavy (non-hydrogen) atoms. The molecule has 0 atom stereocenters. The van der Waals surface area contributed by atoms with E-state index >= 15 is 0 Å². The summed E-state index contributed by atoms with van der Waals surface area (Å²) >= 11 is 0. The van der Waals surface area contributed by atoms with E-state index in [0.29, 0.717) is 11.8 Å². The fraction of sp³-hybridized carbons (Fsp3) is 0.259. The van der Waals surface area contributed by atoms with Crippen LogP contribution in [0.5, 0.6) is 0 Å². The second-order valence-electron chi connectivity index (χ2n) is 7.89. The molecular formula is C27H31N. The molecule has 3 aromatic rings. The lowest BCUT2D eigenvalue weighted by Crippen LogP contribution is -2.05. The van der Waals surface area contributed by atoms with E-state index in [1.54, 1.807) is 0 Å². The first kappa shape index (κ1) is 19.9. The van der Waals surface area contributed by atoms with Crippen molar-refractivity contribution in [2.75, 3.05) is 5.32 Å². The second kappa shape index (κ2) is 8.93. The average molecular weight is 370 g/mol. The van der Waals surface area contributed by atoms with Crippen molar-refractivity contribution < 1.29 is 0 Å². The lowest BCUT2D eigenvalue weighted by Gasteiger charge is -2.23. The van der Waals surface area contributed by atoms with Gasteiger partial charge in [-0.2, -0.15) is 0 Å². The fourth-order valence-corrected chi connectivity index (χ4v) is 3.77. The third kappa shape index (κ3) is 4.20. The zero-order valence-electron chi connectivity index (χ0n) is 17.7. The Morgan fingerprint density at radius 3 is 1.86 bits per heavy atom. The van der Waals surface area contributed by atoms with Crippen molar-refractivity contribution in [3.05, 3.63) is 90.1 Å². The van der Waals surface area contributed by atoms with Crippen LogP contribution in [0.25, 0.3) is 22.3 Å². The molecule has 0 fully saturated rings. The lowest BCUT2D eigenvalue weighted by atomic mass is 9.86. The van der Waals surface area contributed by atoms with E-state index in [4.69, 9.17) is 0 Å². The number of benzene rings is 3. The van der Waals surface area contributed by atoms with E-state index in [1.807, 2.05) is 13.1 Å². The summed E-state index contributed by atoms with van der Waals surface area (Å²) in [7, 11) is 0. The maximum atomic E-state index is 3.56. The van der Waals surface area contributed by atoms with Gasteiger partial charge in [-0.1, -0.05) is 101 Å². The Bertz CT molecular complexity index is 932. The molecule has 0 amide bonds. The van der Waals surface area contributed by atoms with Crippen molar-refractivity contribution in [2.45, 2.75) is 46.5 Å². The minimum Gasteiger partial charge on any atom is -0.362 e. The van der Waals surface area contributed by atoms with Gasteiger partial charge in [0.25, 0.3) is 0 Å². The Kier molecular flexibility index (Phi) is 6.36. The zero-order valence-corrected chi connectivity index (χ0v) is 17.7. The van der Waals surface area contributed by atoms with Gasteiger partial charge >= 0.3 is 0 Å². The largest absolute Gasteiger partial charge is 0.362 e. The van der Waals surface area contributed by atoms with E-state index in [9.17, 15) is 0 Å². The number of allylic oxidation sites excluding steroid dienone is 1. The molecular weight excluding hydrogens is 338 g/mol. The van der Waals surface area contributed by atoms with Crippen LogP contribution in [0, 0.1) is 0 Å². The van der Waals surface area contributed by atoms with E-state index in [-0.39, 0.29) is 0 Å². The predicted molar refractivity (Wildman–Crippen MR) is 124 cm³/mol. The summed E-state index contributed by atoms with van der Waals surface area (Å²) in [5, 5.41) is 3.56. The average Bonchev–Trinajstić information content (AvgIpc) is 2.72. The van der Waals surface area contributed by atoms with Crippen molar-refractivity contribution in [3.8, 4) is 22.3 Å². The first-order valence-corrected chi connectivity index (χ1v) is 10.2. The van der Waals surface area contributed by atoms with Crippen molar-refractivity contribution in [3.63, 3.8) is 0 Å². The summed E-state index contributed by atoms with van der Waals surface area (Å²) in [5.41, 5.74) is 9.09. The summed E-state index contributed by atoms with van der Waals surface area (Å²) in [6, 6.07) is 24.1. The Morgan fingerprint density at radius 1 is 0.679 bits per heavy atom. The zero-order chi connectivity index (χ0) is 20.1. The smallest absolute Gasteiger partial charge is 0.0456 e. The molecule has 1 N–H and O–H groups in total. The van der Waals surface area contributed by atoms with Crippen LogP contribution in [0.15, 0.2) is 79.0 Å². The van der Waals surface area contributed by atoms with E-state index in [1.165, 1.54) is 39.1 Å². The van der Waals surface area contributed by atoms with Gasteiger partial charge in [-0.15, -0.1) is 0 Å². The Morgan fingerprint density at radius 2 is 1.29 bits per heavy atom. The van der Waals surface area contributed by atoms with Gasteiger partial charge in [0.2, 0.25) is 0 Å². The minimum absolute atomic E-state index is 0.426. The van der Waals surface area contributed by atoms with Crippen LogP contribution in [0.2, 0.25) is 0 Å². The molecule has 0 unspecified atom stereocenters. The van der Waals surface area contributed by atoms with Crippen molar-refractivity contribution >= 4 is 5.69 Å². The highest BCUT2D eigenvalue weighted by Gasteiger charge is 2.18. The van der Waals surface area contributed by atoms with Crippen LogP contribution in [0.3, 0.4) is 0 Å². The van der Waals surface area contributed by atoms with Crippen LogP contribution >= 0.6 is 0 Å².